The Kier molecular flexibility index (Phi) is 2.81. The first-order valence-electron chi connectivity index (χ1n) is 8.92. The maximum absolute atomic E-state index is 12.8. The number of aromatic amines is 3. The summed E-state index contributed by atoms with van der Waals surface area (Å²) < 4.78 is 0. The fourth-order valence-electron chi connectivity index (χ4n) is 3.98. The lowest BCUT2D eigenvalue weighted by Gasteiger charge is -2.02. The number of nitrogens with one attached hydrogen (secondary N) is 3. The van der Waals surface area contributed by atoms with Crippen LogP contribution in [0.25, 0.3) is 33.1 Å². The van der Waals surface area contributed by atoms with Crippen molar-refractivity contribution in [2.45, 2.75) is 0 Å². The monoisotopic (exact) mass is 366 g/mol. The molecule has 6 nitrogen and oxygen atoms in total. The number of benzene rings is 2. The normalized spacial score (nSPS) is 13.4. The number of carbonyl (C=O) groups excluding carboxylic acids is 1. The number of hydrogen-bond donors (Lipinski definition) is 4. The summed E-state index contributed by atoms with van der Waals surface area (Å²) in [4.78, 5) is 26.3. The van der Waals surface area contributed by atoms with E-state index in [2.05, 4.69) is 19.9 Å². The van der Waals surface area contributed by atoms with E-state index < -0.39 is 0 Å². The van der Waals surface area contributed by atoms with E-state index in [0.29, 0.717) is 22.5 Å². The number of H-pyrrole nitrogens is 3. The smallest absolute Gasteiger partial charge is 0.280 e. The maximum atomic E-state index is 12.8. The van der Waals surface area contributed by atoms with E-state index in [1.807, 2.05) is 60.9 Å². The van der Waals surface area contributed by atoms with Crippen LogP contribution in [0.1, 0.15) is 21.5 Å². The molecule has 134 valence electrons. The third kappa shape index (κ3) is 1.97. The molecule has 0 aliphatic carbocycles. The molecule has 4 N–H and O–H groups in total. The summed E-state index contributed by atoms with van der Waals surface area (Å²) in [6.07, 6.45) is 3.74. The van der Waals surface area contributed by atoms with Crippen molar-refractivity contribution < 1.29 is 9.90 Å². The molecule has 6 heteroatoms. The van der Waals surface area contributed by atoms with Crippen LogP contribution in [0, 0.1) is 0 Å². The van der Waals surface area contributed by atoms with Crippen LogP contribution in [0.2, 0.25) is 0 Å². The van der Waals surface area contributed by atoms with E-state index in [4.69, 9.17) is 0 Å². The molecule has 1 amide bonds. The summed E-state index contributed by atoms with van der Waals surface area (Å²) in [6.45, 7) is 0. The zero-order chi connectivity index (χ0) is 18.8. The molecule has 0 atom stereocenters. The van der Waals surface area contributed by atoms with Crippen molar-refractivity contribution in [3.8, 4) is 17.1 Å². The highest BCUT2D eigenvalue weighted by Crippen LogP contribution is 2.38. The minimum Gasteiger partial charge on any atom is -0.494 e. The van der Waals surface area contributed by atoms with Crippen LogP contribution in [-0.2, 0) is 0 Å². The van der Waals surface area contributed by atoms with Gasteiger partial charge in [0.15, 0.2) is 5.88 Å². The van der Waals surface area contributed by atoms with Crippen LogP contribution in [0.5, 0.6) is 5.88 Å². The Morgan fingerprint density at radius 1 is 0.786 bits per heavy atom. The van der Waals surface area contributed by atoms with Crippen molar-refractivity contribution in [1.82, 2.24) is 15.0 Å². The summed E-state index contributed by atoms with van der Waals surface area (Å²) in [5, 5.41) is 12.7. The van der Waals surface area contributed by atoms with Crippen molar-refractivity contribution in [3.05, 3.63) is 77.6 Å². The first-order chi connectivity index (χ1) is 13.7. The van der Waals surface area contributed by atoms with Crippen molar-refractivity contribution in [3.63, 3.8) is 0 Å². The van der Waals surface area contributed by atoms with E-state index in [-0.39, 0.29) is 11.8 Å². The van der Waals surface area contributed by atoms with Gasteiger partial charge in [-0.2, -0.15) is 0 Å². The zero-order valence-corrected chi connectivity index (χ0v) is 14.6. The number of aliphatic imine (C=N–C) groups is 1. The predicted octanol–water partition coefficient (Wildman–Crippen LogP) is 4.34. The molecule has 0 bridgehead atoms. The number of nitrogens with zero attached hydrogens (tertiary/aromatic N) is 1. The predicted molar refractivity (Wildman–Crippen MR) is 108 cm³/mol. The summed E-state index contributed by atoms with van der Waals surface area (Å²) in [7, 11) is 0. The van der Waals surface area contributed by atoms with Gasteiger partial charge in [-0.15, -0.1) is 0 Å². The van der Waals surface area contributed by atoms with E-state index in [9.17, 15) is 9.90 Å². The average molecular weight is 366 g/mol. The number of aromatic nitrogens is 3. The van der Waals surface area contributed by atoms with Crippen LogP contribution in [0.3, 0.4) is 0 Å². The topological polar surface area (TPSA) is 97.0 Å². The van der Waals surface area contributed by atoms with Crippen LogP contribution in [0.15, 0.2) is 65.9 Å². The molecule has 1 aliphatic rings. The molecule has 5 aromatic rings. The Balaban J connectivity index is 1.53. The SMILES string of the molecule is O=C1N=C(c2ccc3[nH]ccc3c2)c2c(O)[nH]c(-c3ccc4[nH]ccc4c3)c21. The summed E-state index contributed by atoms with van der Waals surface area (Å²) >= 11 is 0. The van der Waals surface area contributed by atoms with Gasteiger partial charge < -0.3 is 20.1 Å². The lowest BCUT2D eigenvalue weighted by molar-refractivity contribution is 0.101. The van der Waals surface area contributed by atoms with E-state index in [1.165, 1.54) is 0 Å². The Bertz CT molecular complexity index is 1450. The lowest BCUT2D eigenvalue weighted by Crippen LogP contribution is -1.99. The molecule has 0 spiro atoms. The van der Waals surface area contributed by atoms with Gasteiger partial charge in [0.05, 0.1) is 22.5 Å². The Morgan fingerprint density at radius 2 is 1.43 bits per heavy atom. The van der Waals surface area contributed by atoms with Gasteiger partial charge in [0.1, 0.15) is 0 Å². The second kappa shape index (κ2) is 5.23. The third-order valence-electron chi connectivity index (χ3n) is 5.31. The highest BCUT2D eigenvalue weighted by Gasteiger charge is 2.33. The Morgan fingerprint density at radius 3 is 2.14 bits per heavy atom. The summed E-state index contributed by atoms with van der Waals surface area (Å²) in [5.74, 6) is -0.391. The number of fused-ring (bicyclic) bond motifs is 3. The van der Waals surface area contributed by atoms with Crippen LogP contribution in [-0.4, -0.2) is 31.7 Å². The van der Waals surface area contributed by atoms with Crippen LogP contribution >= 0.6 is 0 Å². The number of hydrogen-bond acceptors (Lipinski definition) is 2. The minimum atomic E-state index is -0.347. The van der Waals surface area contributed by atoms with Gasteiger partial charge in [0.25, 0.3) is 5.91 Å². The molecule has 0 fully saturated rings. The van der Waals surface area contributed by atoms with E-state index >= 15 is 0 Å². The molecular formula is C22H14N4O2. The standard InChI is InChI=1S/C22H14N4O2/c27-21-17-18(20(26-21)14-2-4-16-12(10-14)6-8-24-16)22(28)25-19(17)13-1-3-15-11(9-13)5-7-23-15/h1-10,23-25,28H. The second-order valence-corrected chi connectivity index (χ2v) is 6.92. The van der Waals surface area contributed by atoms with Gasteiger partial charge in [-0.1, -0.05) is 12.1 Å². The Hall–Kier alpha value is -4.06. The fraction of sp³-hybridized carbons (Fsp3) is 0. The van der Waals surface area contributed by atoms with Gasteiger partial charge in [-0.3, -0.25) is 4.79 Å². The van der Waals surface area contributed by atoms with Crippen molar-refractivity contribution >= 4 is 33.4 Å². The molecule has 4 heterocycles. The van der Waals surface area contributed by atoms with Crippen LogP contribution < -0.4 is 0 Å². The highest BCUT2D eigenvalue weighted by atomic mass is 16.3. The number of rotatable bonds is 2. The van der Waals surface area contributed by atoms with Crippen molar-refractivity contribution in [2.24, 2.45) is 4.99 Å². The molecule has 0 unspecified atom stereocenters. The zero-order valence-electron chi connectivity index (χ0n) is 14.6. The summed E-state index contributed by atoms with van der Waals surface area (Å²) in [6, 6.07) is 15.6. The van der Waals surface area contributed by atoms with Crippen molar-refractivity contribution in [1.29, 1.82) is 0 Å². The molecule has 0 saturated carbocycles. The maximum Gasteiger partial charge on any atom is 0.280 e. The van der Waals surface area contributed by atoms with Crippen LogP contribution in [0.4, 0.5) is 0 Å². The van der Waals surface area contributed by atoms with Gasteiger partial charge in [-0.25, -0.2) is 4.99 Å². The quantitative estimate of drug-likeness (QED) is 0.374. The first-order valence-corrected chi connectivity index (χ1v) is 8.92. The largest absolute Gasteiger partial charge is 0.494 e. The molecule has 2 aromatic carbocycles. The minimum absolute atomic E-state index is 0.0436. The van der Waals surface area contributed by atoms with Crippen molar-refractivity contribution in [2.75, 3.05) is 0 Å². The molecule has 28 heavy (non-hydrogen) atoms. The number of amides is 1. The van der Waals surface area contributed by atoms with E-state index in [1.54, 1.807) is 0 Å². The van der Waals surface area contributed by atoms with Gasteiger partial charge in [0, 0.05) is 39.8 Å². The Labute approximate surface area is 158 Å². The van der Waals surface area contributed by atoms with Gasteiger partial charge in [-0.05, 0) is 42.0 Å². The fourth-order valence-corrected chi connectivity index (χ4v) is 3.98. The average Bonchev–Trinajstić information content (AvgIpc) is 3.46. The second-order valence-electron chi connectivity index (χ2n) is 6.92. The number of aromatic hydroxyl groups is 1. The molecule has 0 saturated heterocycles. The van der Waals surface area contributed by atoms with Gasteiger partial charge >= 0.3 is 0 Å². The molecular weight excluding hydrogens is 352 g/mol. The van der Waals surface area contributed by atoms with Gasteiger partial charge in [0.2, 0.25) is 0 Å². The lowest BCUT2D eigenvalue weighted by atomic mass is 9.99. The first kappa shape index (κ1) is 15.0. The third-order valence-corrected chi connectivity index (χ3v) is 5.31. The molecule has 6 rings (SSSR count). The summed E-state index contributed by atoms with van der Waals surface area (Å²) in [5.41, 5.74) is 5.59. The molecule has 3 aromatic heterocycles. The molecule has 1 aliphatic heterocycles. The number of carbonyl (C=O) groups is 1. The van der Waals surface area contributed by atoms with E-state index in [0.717, 1.165) is 32.9 Å². The molecule has 0 radical (unpaired) electrons. The highest BCUT2D eigenvalue weighted by molar-refractivity contribution is 6.30.